The second kappa shape index (κ2) is 5.34. The third-order valence-electron chi connectivity index (χ3n) is 3.55. The number of piperidine rings is 1. The number of non-ortho nitro benzene ring substituents is 1. The van der Waals surface area contributed by atoms with Crippen molar-refractivity contribution in [3.8, 4) is 0 Å². The van der Waals surface area contributed by atoms with E-state index in [0.29, 0.717) is 31.6 Å². The van der Waals surface area contributed by atoms with Gasteiger partial charge in [-0.1, -0.05) is 0 Å². The third kappa shape index (κ3) is 2.89. The molecule has 1 aliphatic rings. The highest BCUT2D eigenvalue weighted by Crippen LogP contribution is 2.28. The van der Waals surface area contributed by atoms with E-state index in [1.54, 1.807) is 6.92 Å². The van der Waals surface area contributed by atoms with Crippen LogP contribution >= 0.6 is 0 Å². The van der Waals surface area contributed by atoms with Crippen LogP contribution in [0.5, 0.6) is 0 Å². The van der Waals surface area contributed by atoms with Crippen LogP contribution in [0.25, 0.3) is 0 Å². The standard InChI is InChI=1S/C13H15FN2O3/c1-9(17)10-4-6-15(7-5-10)13-3-2-11(16(18)19)8-12(13)14/h2-3,8,10H,4-7H2,1H3. The summed E-state index contributed by atoms with van der Waals surface area (Å²) in [6, 6.07) is 3.67. The number of carbonyl (C=O) groups excluding carboxylic acids is 1. The van der Waals surface area contributed by atoms with Crippen LogP contribution in [0.4, 0.5) is 15.8 Å². The molecule has 1 aliphatic heterocycles. The van der Waals surface area contributed by atoms with Crippen molar-refractivity contribution in [3.63, 3.8) is 0 Å². The van der Waals surface area contributed by atoms with Crippen molar-refractivity contribution in [2.24, 2.45) is 5.92 Å². The van der Waals surface area contributed by atoms with Crippen LogP contribution in [0.1, 0.15) is 19.8 Å². The quantitative estimate of drug-likeness (QED) is 0.623. The second-order valence-corrected chi connectivity index (χ2v) is 4.76. The number of benzene rings is 1. The van der Waals surface area contributed by atoms with Crippen molar-refractivity contribution < 1.29 is 14.1 Å². The second-order valence-electron chi connectivity index (χ2n) is 4.76. The van der Waals surface area contributed by atoms with E-state index < -0.39 is 10.7 Å². The van der Waals surface area contributed by atoms with Gasteiger partial charge in [0.05, 0.1) is 16.7 Å². The highest BCUT2D eigenvalue weighted by molar-refractivity contribution is 5.78. The molecule has 2 rings (SSSR count). The van der Waals surface area contributed by atoms with Crippen LogP contribution in [-0.2, 0) is 4.79 Å². The van der Waals surface area contributed by atoms with Gasteiger partial charge in [0.25, 0.3) is 5.69 Å². The van der Waals surface area contributed by atoms with Gasteiger partial charge in [-0.25, -0.2) is 4.39 Å². The molecule has 102 valence electrons. The Balaban J connectivity index is 2.11. The molecule has 0 aromatic heterocycles. The molecule has 0 saturated carbocycles. The minimum Gasteiger partial charge on any atom is -0.369 e. The minimum absolute atomic E-state index is 0.0531. The molecule has 5 nitrogen and oxygen atoms in total. The van der Waals surface area contributed by atoms with Crippen molar-refractivity contribution in [2.75, 3.05) is 18.0 Å². The van der Waals surface area contributed by atoms with Crippen LogP contribution < -0.4 is 4.90 Å². The zero-order valence-electron chi connectivity index (χ0n) is 10.6. The van der Waals surface area contributed by atoms with E-state index in [2.05, 4.69) is 0 Å². The molecular formula is C13H15FN2O3. The van der Waals surface area contributed by atoms with Gasteiger partial charge in [0, 0.05) is 25.1 Å². The first-order chi connectivity index (χ1) is 8.99. The lowest BCUT2D eigenvalue weighted by Crippen LogP contribution is -2.36. The number of Topliss-reactive ketones (excluding diaryl/α,β-unsaturated/α-hetero) is 1. The largest absolute Gasteiger partial charge is 0.369 e. The fourth-order valence-electron chi connectivity index (χ4n) is 2.39. The Morgan fingerprint density at radius 3 is 2.53 bits per heavy atom. The molecule has 0 spiro atoms. The Labute approximate surface area is 110 Å². The first kappa shape index (κ1) is 13.5. The van der Waals surface area contributed by atoms with Gasteiger partial charge in [0.1, 0.15) is 5.78 Å². The lowest BCUT2D eigenvalue weighted by molar-refractivity contribution is -0.385. The van der Waals surface area contributed by atoms with E-state index >= 15 is 0 Å². The maximum Gasteiger partial charge on any atom is 0.272 e. The summed E-state index contributed by atoms with van der Waals surface area (Å²) < 4.78 is 13.8. The highest BCUT2D eigenvalue weighted by Gasteiger charge is 2.24. The highest BCUT2D eigenvalue weighted by atomic mass is 19.1. The van der Waals surface area contributed by atoms with Gasteiger partial charge < -0.3 is 4.90 Å². The van der Waals surface area contributed by atoms with Crippen molar-refractivity contribution in [1.82, 2.24) is 0 Å². The molecule has 0 unspecified atom stereocenters. The maximum absolute atomic E-state index is 13.8. The Morgan fingerprint density at radius 2 is 2.05 bits per heavy atom. The Hall–Kier alpha value is -1.98. The molecular weight excluding hydrogens is 251 g/mol. The number of ketones is 1. The van der Waals surface area contributed by atoms with Gasteiger partial charge in [0.15, 0.2) is 5.82 Å². The van der Waals surface area contributed by atoms with E-state index in [1.807, 2.05) is 4.90 Å². The fraction of sp³-hybridized carbons (Fsp3) is 0.462. The van der Waals surface area contributed by atoms with Crippen molar-refractivity contribution in [1.29, 1.82) is 0 Å². The fourth-order valence-corrected chi connectivity index (χ4v) is 2.39. The van der Waals surface area contributed by atoms with Crippen LogP contribution in [0.3, 0.4) is 0 Å². The zero-order chi connectivity index (χ0) is 14.0. The molecule has 0 atom stereocenters. The first-order valence-electron chi connectivity index (χ1n) is 6.18. The summed E-state index contributed by atoms with van der Waals surface area (Å²) in [5, 5.41) is 10.5. The molecule has 19 heavy (non-hydrogen) atoms. The summed E-state index contributed by atoms with van der Waals surface area (Å²) in [5.41, 5.74) is 0.118. The summed E-state index contributed by atoms with van der Waals surface area (Å²) in [6.45, 7) is 2.77. The lowest BCUT2D eigenvalue weighted by atomic mass is 9.93. The number of hydrogen-bond acceptors (Lipinski definition) is 4. The number of carbonyl (C=O) groups is 1. The Bertz CT molecular complexity index is 511. The van der Waals surface area contributed by atoms with E-state index in [1.165, 1.54) is 12.1 Å². The van der Waals surface area contributed by atoms with Gasteiger partial charge in [-0.05, 0) is 25.8 Å². The van der Waals surface area contributed by atoms with Gasteiger partial charge in [0.2, 0.25) is 0 Å². The SMILES string of the molecule is CC(=O)C1CCN(c2ccc([N+](=O)[O-])cc2F)CC1. The predicted octanol–water partition coefficient (Wildman–Crippen LogP) is 2.54. The molecule has 1 fully saturated rings. The summed E-state index contributed by atoms with van der Waals surface area (Å²) >= 11 is 0. The van der Waals surface area contributed by atoms with Gasteiger partial charge >= 0.3 is 0 Å². The molecule has 1 aromatic rings. The maximum atomic E-state index is 13.8. The van der Waals surface area contributed by atoms with E-state index in [0.717, 1.165) is 6.07 Å². The number of nitro groups is 1. The normalized spacial score (nSPS) is 16.4. The van der Waals surface area contributed by atoms with Gasteiger partial charge in [-0.15, -0.1) is 0 Å². The molecule has 1 heterocycles. The molecule has 0 N–H and O–H groups in total. The minimum atomic E-state index is -0.616. The summed E-state index contributed by atoms with van der Waals surface area (Å²) in [6.07, 6.45) is 1.40. The van der Waals surface area contributed by atoms with Crippen molar-refractivity contribution >= 4 is 17.2 Å². The van der Waals surface area contributed by atoms with E-state index in [9.17, 15) is 19.3 Å². The van der Waals surface area contributed by atoms with Crippen molar-refractivity contribution in [2.45, 2.75) is 19.8 Å². The molecule has 1 saturated heterocycles. The average molecular weight is 266 g/mol. The number of rotatable bonds is 3. The van der Waals surface area contributed by atoms with E-state index in [-0.39, 0.29) is 17.4 Å². The molecule has 1 aromatic carbocycles. The number of nitrogens with zero attached hydrogens (tertiary/aromatic N) is 2. The summed E-state index contributed by atoms with van der Waals surface area (Å²) in [5.74, 6) is -0.364. The number of anilines is 1. The number of halogens is 1. The predicted molar refractivity (Wildman–Crippen MR) is 68.7 cm³/mol. The molecule has 0 radical (unpaired) electrons. The topological polar surface area (TPSA) is 63.5 Å². The zero-order valence-corrected chi connectivity index (χ0v) is 10.6. The third-order valence-corrected chi connectivity index (χ3v) is 3.55. The lowest BCUT2D eigenvalue weighted by Gasteiger charge is -2.32. The Morgan fingerprint density at radius 1 is 1.42 bits per heavy atom. The number of nitro benzene ring substituents is 1. The number of hydrogen-bond donors (Lipinski definition) is 0. The smallest absolute Gasteiger partial charge is 0.272 e. The van der Waals surface area contributed by atoms with Crippen LogP contribution in [0.15, 0.2) is 18.2 Å². The summed E-state index contributed by atoms with van der Waals surface area (Å²) in [7, 11) is 0. The van der Waals surface area contributed by atoms with Crippen LogP contribution in [0, 0.1) is 21.8 Å². The molecule has 0 amide bonds. The van der Waals surface area contributed by atoms with Crippen LogP contribution in [0.2, 0.25) is 0 Å². The van der Waals surface area contributed by atoms with Gasteiger partial charge in [-0.3, -0.25) is 14.9 Å². The molecule has 0 aliphatic carbocycles. The first-order valence-corrected chi connectivity index (χ1v) is 6.18. The molecule has 6 heteroatoms. The van der Waals surface area contributed by atoms with E-state index in [4.69, 9.17) is 0 Å². The van der Waals surface area contributed by atoms with Gasteiger partial charge in [-0.2, -0.15) is 0 Å². The average Bonchev–Trinajstić information content (AvgIpc) is 2.38. The molecule has 0 bridgehead atoms. The van der Waals surface area contributed by atoms with Crippen molar-refractivity contribution in [3.05, 3.63) is 34.1 Å². The monoisotopic (exact) mass is 266 g/mol. The van der Waals surface area contributed by atoms with Crippen LogP contribution in [-0.4, -0.2) is 23.8 Å². The Kier molecular flexibility index (Phi) is 3.78. The summed E-state index contributed by atoms with van der Waals surface area (Å²) in [4.78, 5) is 23.0.